The van der Waals surface area contributed by atoms with Crippen LogP contribution < -0.4 is 0 Å². The standard InChI is InChI=1S/C5H7FO2/c1-2-7-8-5-3-4-6/h2-4H,1,5H2. The summed E-state index contributed by atoms with van der Waals surface area (Å²) in [5.74, 6) is 0. The van der Waals surface area contributed by atoms with E-state index in [-0.39, 0.29) is 6.61 Å². The first-order valence-corrected chi connectivity index (χ1v) is 2.06. The van der Waals surface area contributed by atoms with Crippen LogP contribution in [0.15, 0.2) is 25.2 Å². The van der Waals surface area contributed by atoms with Gasteiger partial charge in [0.1, 0.15) is 12.9 Å². The molecule has 2 nitrogen and oxygen atoms in total. The minimum Gasteiger partial charge on any atom is -0.346 e. The Morgan fingerprint density at radius 1 is 1.62 bits per heavy atom. The van der Waals surface area contributed by atoms with Gasteiger partial charge in [0.25, 0.3) is 0 Å². The molecule has 0 aliphatic rings. The van der Waals surface area contributed by atoms with Gasteiger partial charge in [-0.25, -0.2) is 4.39 Å². The Morgan fingerprint density at radius 3 is 2.88 bits per heavy atom. The van der Waals surface area contributed by atoms with Crippen molar-refractivity contribution in [3.63, 3.8) is 0 Å². The zero-order chi connectivity index (χ0) is 6.24. The van der Waals surface area contributed by atoms with Crippen molar-refractivity contribution in [3.8, 4) is 0 Å². The Bertz CT molecular complexity index is 80.5. The van der Waals surface area contributed by atoms with Gasteiger partial charge in [0, 0.05) is 0 Å². The molecule has 0 radical (unpaired) electrons. The molecule has 0 N–H and O–H groups in total. The zero-order valence-corrected chi connectivity index (χ0v) is 4.34. The molecule has 0 aromatic heterocycles. The summed E-state index contributed by atoms with van der Waals surface area (Å²) in [7, 11) is 0. The van der Waals surface area contributed by atoms with Gasteiger partial charge in [0.15, 0.2) is 0 Å². The molecule has 0 aliphatic carbocycles. The molecule has 46 valence electrons. The second-order valence-electron chi connectivity index (χ2n) is 0.909. The van der Waals surface area contributed by atoms with Crippen LogP contribution in [0.4, 0.5) is 4.39 Å². The zero-order valence-electron chi connectivity index (χ0n) is 4.34. The van der Waals surface area contributed by atoms with Gasteiger partial charge < -0.3 is 4.89 Å². The molecule has 0 aromatic rings. The van der Waals surface area contributed by atoms with Gasteiger partial charge >= 0.3 is 0 Å². The van der Waals surface area contributed by atoms with Crippen LogP contribution in [0.2, 0.25) is 0 Å². The van der Waals surface area contributed by atoms with Crippen LogP contribution >= 0.6 is 0 Å². The molecule has 0 atom stereocenters. The summed E-state index contributed by atoms with van der Waals surface area (Å²) in [6, 6.07) is 0. The molecule has 0 fully saturated rings. The second-order valence-corrected chi connectivity index (χ2v) is 0.909. The van der Waals surface area contributed by atoms with E-state index in [4.69, 9.17) is 0 Å². The highest BCUT2D eigenvalue weighted by Gasteiger charge is 1.74. The third-order valence-corrected chi connectivity index (χ3v) is 0.389. The van der Waals surface area contributed by atoms with Crippen molar-refractivity contribution in [1.82, 2.24) is 0 Å². The molecule has 0 bridgehead atoms. The normalized spacial score (nSPS) is 9.62. The average Bonchev–Trinajstić information content (AvgIpc) is 1.81. The first-order valence-electron chi connectivity index (χ1n) is 2.06. The third kappa shape index (κ3) is 5.17. The first kappa shape index (κ1) is 7.17. The average molecular weight is 118 g/mol. The van der Waals surface area contributed by atoms with Crippen LogP contribution in [0.5, 0.6) is 0 Å². The summed E-state index contributed by atoms with van der Waals surface area (Å²) < 4.78 is 11.1. The van der Waals surface area contributed by atoms with Gasteiger partial charge in [-0.2, -0.15) is 4.89 Å². The predicted octanol–water partition coefficient (Wildman–Crippen LogP) is 1.56. The lowest BCUT2D eigenvalue weighted by atomic mass is 10.7. The number of hydrogen-bond donors (Lipinski definition) is 0. The van der Waals surface area contributed by atoms with E-state index in [1.165, 1.54) is 6.08 Å². The second kappa shape index (κ2) is 6.17. The highest BCUT2D eigenvalue weighted by atomic mass is 19.1. The smallest absolute Gasteiger partial charge is 0.122 e. The number of rotatable bonds is 4. The van der Waals surface area contributed by atoms with E-state index in [2.05, 4.69) is 16.4 Å². The third-order valence-electron chi connectivity index (χ3n) is 0.389. The monoisotopic (exact) mass is 118 g/mol. The molecule has 3 heteroatoms. The summed E-state index contributed by atoms with van der Waals surface area (Å²) in [5, 5.41) is 0. The van der Waals surface area contributed by atoms with Gasteiger partial charge in [-0.3, -0.25) is 0 Å². The molecule has 0 spiro atoms. The SMILES string of the molecule is C=COOCC=CF. The van der Waals surface area contributed by atoms with Crippen molar-refractivity contribution >= 4 is 0 Å². The van der Waals surface area contributed by atoms with E-state index in [9.17, 15) is 4.39 Å². The molecule has 0 amide bonds. The fourth-order valence-corrected chi connectivity index (χ4v) is 0.163. The van der Waals surface area contributed by atoms with E-state index in [1.807, 2.05) is 0 Å². The van der Waals surface area contributed by atoms with Crippen molar-refractivity contribution in [2.24, 2.45) is 0 Å². The minimum atomic E-state index is 0.0997. The summed E-state index contributed by atoms with van der Waals surface area (Å²) in [6.07, 6.45) is 2.67. The molecular weight excluding hydrogens is 111 g/mol. The quantitative estimate of drug-likeness (QED) is 0.241. The van der Waals surface area contributed by atoms with Gasteiger partial charge in [0.2, 0.25) is 0 Å². The van der Waals surface area contributed by atoms with Crippen molar-refractivity contribution in [3.05, 3.63) is 25.2 Å². The Kier molecular flexibility index (Phi) is 5.53. The lowest BCUT2D eigenvalue weighted by Gasteiger charge is -1.91. The fraction of sp³-hybridized carbons (Fsp3) is 0.200. The lowest BCUT2D eigenvalue weighted by molar-refractivity contribution is -0.238. The molecular formula is C5H7FO2. The van der Waals surface area contributed by atoms with Crippen molar-refractivity contribution in [2.45, 2.75) is 0 Å². The Balaban J connectivity index is 2.82. The van der Waals surface area contributed by atoms with Crippen molar-refractivity contribution in [1.29, 1.82) is 0 Å². The predicted molar refractivity (Wildman–Crippen MR) is 27.5 cm³/mol. The number of hydrogen-bond acceptors (Lipinski definition) is 2. The fourth-order valence-electron chi connectivity index (χ4n) is 0.163. The van der Waals surface area contributed by atoms with Crippen molar-refractivity contribution in [2.75, 3.05) is 6.61 Å². The highest BCUT2D eigenvalue weighted by molar-refractivity contribution is 4.69. The van der Waals surface area contributed by atoms with Gasteiger partial charge in [-0.05, 0) is 6.08 Å². The molecule has 0 unspecified atom stereocenters. The van der Waals surface area contributed by atoms with Crippen LogP contribution in [0.1, 0.15) is 0 Å². The molecule has 0 heterocycles. The van der Waals surface area contributed by atoms with E-state index >= 15 is 0 Å². The van der Waals surface area contributed by atoms with Crippen LogP contribution in [0, 0.1) is 0 Å². The van der Waals surface area contributed by atoms with E-state index in [0.29, 0.717) is 6.33 Å². The molecule has 0 saturated heterocycles. The Morgan fingerprint density at radius 2 is 2.38 bits per heavy atom. The van der Waals surface area contributed by atoms with Gasteiger partial charge in [-0.1, -0.05) is 6.58 Å². The minimum absolute atomic E-state index is 0.0997. The van der Waals surface area contributed by atoms with Gasteiger partial charge in [-0.15, -0.1) is 0 Å². The van der Waals surface area contributed by atoms with Crippen LogP contribution in [-0.2, 0) is 9.78 Å². The van der Waals surface area contributed by atoms with E-state index in [1.54, 1.807) is 0 Å². The summed E-state index contributed by atoms with van der Waals surface area (Å²) >= 11 is 0. The van der Waals surface area contributed by atoms with Gasteiger partial charge in [0.05, 0.1) is 6.33 Å². The van der Waals surface area contributed by atoms with Crippen LogP contribution in [0.25, 0.3) is 0 Å². The maximum atomic E-state index is 11.1. The number of halogens is 1. The summed E-state index contributed by atoms with van der Waals surface area (Å²) in [6.45, 7) is 3.29. The Hall–Kier alpha value is -0.830. The van der Waals surface area contributed by atoms with Crippen LogP contribution in [0.3, 0.4) is 0 Å². The molecule has 0 rings (SSSR count). The van der Waals surface area contributed by atoms with Crippen molar-refractivity contribution < 1.29 is 14.2 Å². The molecule has 0 aromatic carbocycles. The Labute approximate surface area is 47.1 Å². The summed E-state index contributed by atoms with van der Waals surface area (Å²) in [4.78, 5) is 8.46. The lowest BCUT2D eigenvalue weighted by Crippen LogP contribution is -1.85. The highest BCUT2D eigenvalue weighted by Crippen LogP contribution is 1.79. The molecule has 8 heavy (non-hydrogen) atoms. The van der Waals surface area contributed by atoms with E-state index < -0.39 is 0 Å². The summed E-state index contributed by atoms with van der Waals surface area (Å²) in [5.41, 5.74) is 0. The molecule has 0 aliphatic heterocycles. The van der Waals surface area contributed by atoms with E-state index in [0.717, 1.165) is 6.26 Å². The topological polar surface area (TPSA) is 18.5 Å². The van der Waals surface area contributed by atoms with Crippen LogP contribution in [-0.4, -0.2) is 6.61 Å². The maximum Gasteiger partial charge on any atom is 0.122 e. The maximum absolute atomic E-state index is 11.1. The first-order chi connectivity index (χ1) is 3.91. The largest absolute Gasteiger partial charge is 0.346 e. The molecule has 0 saturated carbocycles.